The summed E-state index contributed by atoms with van der Waals surface area (Å²) in [5.41, 5.74) is 3.63. The molecule has 1 amide bonds. The number of amides is 1. The molecule has 1 aromatic heterocycles. The number of nitrogens with one attached hydrogen (secondary N) is 1. The van der Waals surface area contributed by atoms with E-state index in [1.807, 2.05) is 23.1 Å². The third-order valence-electron chi connectivity index (χ3n) is 5.86. The first-order chi connectivity index (χ1) is 13.7. The Hall–Kier alpha value is -2.75. The summed E-state index contributed by atoms with van der Waals surface area (Å²) in [7, 11) is 1.69. The molecule has 0 radical (unpaired) electrons. The van der Waals surface area contributed by atoms with Crippen LogP contribution in [0.5, 0.6) is 5.75 Å². The van der Waals surface area contributed by atoms with Crippen molar-refractivity contribution in [2.24, 2.45) is 0 Å². The number of carbonyl (C=O) groups excluding carboxylic acids is 1. The fourth-order valence-corrected chi connectivity index (χ4v) is 4.25. The Balaban J connectivity index is 1.60. The van der Waals surface area contributed by atoms with Crippen molar-refractivity contribution in [3.8, 4) is 5.75 Å². The molecule has 0 saturated carbocycles. The molecule has 1 fully saturated rings. The summed E-state index contributed by atoms with van der Waals surface area (Å²) in [5, 5.41) is 1.16. The number of aromatic amines is 1. The number of aryl methyl sites for hydroxylation is 1. The Kier molecular flexibility index (Phi) is 5.65. The van der Waals surface area contributed by atoms with Crippen molar-refractivity contribution in [2.45, 2.75) is 38.0 Å². The molecule has 4 heteroatoms. The minimum Gasteiger partial charge on any atom is -0.497 e. The lowest BCUT2D eigenvalue weighted by Gasteiger charge is -2.21. The van der Waals surface area contributed by atoms with Crippen LogP contribution in [0.4, 0.5) is 0 Å². The van der Waals surface area contributed by atoms with Crippen LogP contribution in [-0.4, -0.2) is 36.0 Å². The van der Waals surface area contributed by atoms with Crippen molar-refractivity contribution in [1.29, 1.82) is 0 Å². The highest BCUT2D eigenvalue weighted by Gasteiger charge is 2.24. The molecule has 3 aromatic rings. The molecule has 1 aliphatic heterocycles. The molecule has 0 bridgehead atoms. The first kappa shape index (κ1) is 18.6. The fraction of sp³-hybridized carbons (Fsp3) is 0.375. The lowest BCUT2D eigenvalue weighted by molar-refractivity contribution is -0.130. The van der Waals surface area contributed by atoms with Crippen molar-refractivity contribution in [3.63, 3.8) is 0 Å². The highest BCUT2D eigenvalue weighted by Crippen LogP contribution is 2.34. The molecule has 2 heterocycles. The van der Waals surface area contributed by atoms with Gasteiger partial charge in [-0.3, -0.25) is 4.79 Å². The molecule has 4 rings (SSSR count). The van der Waals surface area contributed by atoms with Gasteiger partial charge in [-0.05, 0) is 60.9 Å². The van der Waals surface area contributed by atoms with E-state index in [4.69, 9.17) is 4.74 Å². The Bertz CT molecular complexity index is 926. The van der Waals surface area contributed by atoms with Gasteiger partial charge in [-0.2, -0.15) is 0 Å². The number of nitrogens with zero attached hydrogens (tertiary/aromatic N) is 1. The van der Waals surface area contributed by atoms with Crippen molar-refractivity contribution in [1.82, 2.24) is 9.88 Å². The third kappa shape index (κ3) is 4.06. The van der Waals surface area contributed by atoms with Gasteiger partial charge in [0, 0.05) is 36.6 Å². The lowest BCUT2D eigenvalue weighted by atomic mass is 9.89. The van der Waals surface area contributed by atoms with Crippen molar-refractivity contribution < 1.29 is 9.53 Å². The molecule has 1 unspecified atom stereocenters. The number of carbonyl (C=O) groups is 1. The van der Waals surface area contributed by atoms with E-state index in [-0.39, 0.29) is 11.8 Å². The summed E-state index contributed by atoms with van der Waals surface area (Å²) in [6.45, 7) is 1.82. The van der Waals surface area contributed by atoms with E-state index in [9.17, 15) is 4.79 Å². The number of H-pyrrole nitrogens is 1. The first-order valence-electron chi connectivity index (χ1n) is 10.2. The SMILES string of the molecule is COc1ccc2[nH]cc(C(CCc3ccccc3)CC(=O)N3CCCC3)c2c1. The van der Waals surface area contributed by atoms with Crippen LogP contribution >= 0.6 is 0 Å². The van der Waals surface area contributed by atoms with Gasteiger partial charge in [0.1, 0.15) is 5.75 Å². The number of likely N-dealkylation sites (tertiary alicyclic amines) is 1. The van der Waals surface area contributed by atoms with Crippen LogP contribution in [0.2, 0.25) is 0 Å². The number of hydrogen-bond donors (Lipinski definition) is 1. The highest BCUT2D eigenvalue weighted by atomic mass is 16.5. The molecule has 1 N–H and O–H groups in total. The zero-order valence-electron chi connectivity index (χ0n) is 16.5. The maximum absolute atomic E-state index is 12.9. The van der Waals surface area contributed by atoms with E-state index in [0.29, 0.717) is 6.42 Å². The predicted octanol–water partition coefficient (Wildman–Crippen LogP) is 4.91. The summed E-state index contributed by atoms with van der Waals surface area (Å²) in [4.78, 5) is 18.3. The minimum atomic E-state index is 0.189. The zero-order valence-corrected chi connectivity index (χ0v) is 16.5. The maximum atomic E-state index is 12.9. The van der Waals surface area contributed by atoms with Crippen LogP contribution < -0.4 is 4.74 Å². The van der Waals surface area contributed by atoms with E-state index in [1.165, 1.54) is 11.1 Å². The summed E-state index contributed by atoms with van der Waals surface area (Å²) in [5.74, 6) is 1.32. The van der Waals surface area contributed by atoms with Gasteiger partial charge in [-0.25, -0.2) is 0 Å². The third-order valence-corrected chi connectivity index (χ3v) is 5.86. The molecule has 1 aliphatic rings. The topological polar surface area (TPSA) is 45.3 Å². The van der Waals surface area contributed by atoms with Gasteiger partial charge >= 0.3 is 0 Å². The maximum Gasteiger partial charge on any atom is 0.223 e. The van der Waals surface area contributed by atoms with Crippen molar-refractivity contribution >= 4 is 16.8 Å². The molecule has 1 atom stereocenters. The van der Waals surface area contributed by atoms with E-state index in [0.717, 1.165) is 55.4 Å². The zero-order chi connectivity index (χ0) is 19.3. The Labute approximate surface area is 166 Å². The predicted molar refractivity (Wildman–Crippen MR) is 113 cm³/mol. The second kappa shape index (κ2) is 8.51. The minimum absolute atomic E-state index is 0.189. The van der Waals surface area contributed by atoms with Gasteiger partial charge in [0.25, 0.3) is 0 Å². The molecule has 0 aliphatic carbocycles. The number of methoxy groups -OCH3 is 1. The second-order valence-corrected chi connectivity index (χ2v) is 7.67. The number of benzene rings is 2. The molecule has 28 heavy (non-hydrogen) atoms. The Morgan fingerprint density at radius 2 is 1.93 bits per heavy atom. The second-order valence-electron chi connectivity index (χ2n) is 7.67. The van der Waals surface area contributed by atoms with Gasteiger partial charge in [-0.15, -0.1) is 0 Å². The van der Waals surface area contributed by atoms with E-state index in [1.54, 1.807) is 7.11 Å². The monoisotopic (exact) mass is 376 g/mol. The molecule has 146 valence electrons. The van der Waals surface area contributed by atoms with Crippen LogP contribution in [0.1, 0.15) is 42.7 Å². The average Bonchev–Trinajstić information content (AvgIpc) is 3.41. The summed E-state index contributed by atoms with van der Waals surface area (Å²) in [6, 6.07) is 16.6. The van der Waals surface area contributed by atoms with Crippen molar-refractivity contribution in [2.75, 3.05) is 20.2 Å². The number of fused-ring (bicyclic) bond motifs is 1. The van der Waals surface area contributed by atoms with E-state index >= 15 is 0 Å². The molecule has 1 saturated heterocycles. The van der Waals surface area contributed by atoms with Crippen LogP contribution in [0.25, 0.3) is 10.9 Å². The van der Waals surface area contributed by atoms with Crippen LogP contribution in [0.15, 0.2) is 54.7 Å². The summed E-state index contributed by atoms with van der Waals surface area (Å²) in [6.07, 6.45) is 6.83. The van der Waals surface area contributed by atoms with Crippen LogP contribution in [0.3, 0.4) is 0 Å². The molecule has 2 aromatic carbocycles. The number of hydrogen-bond acceptors (Lipinski definition) is 2. The van der Waals surface area contributed by atoms with Gasteiger partial charge in [0.15, 0.2) is 0 Å². The van der Waals surface area contributed by atoms with Crippen LogP contribution in [0, 0.1) is 0 Å². The van der Waals surface area contributed by atoms with Gasteiger partial charge < -0.3 is 14.6 Å². The largest absolute Gasteiger partial charge is 0.497 e. The molecular weight excluding hydrogens is 348 g/mol. The Morgan fingerprint density at radius 3 is 2.68 bits per heavy atom. The normalized spacial score (nSPS) is 15.1. The molecule has 4 nitrogen and oxygen atoms in total. The number of ether oxygens (including phenoxy) is 1. The lowest BCUT2D eigenvalue weighted by Crippen LogP contribution is -2.29. The van der Waals surface area contributed by atoms with Crippen LogP contribution in [-0.2, 0) is 11.2 Å². The van der Waals surface area contributed by atoms with Crippen molar-refractivity contribution in [3.05, 3.63) is 65.9 Å². The molecule has 0 spiro atoms. The number of rotatable bonds is 7. The van der Waals surface area contributed by atoms with E-state index < -0.39 is 0 Å². The van der Waals surface area contributed by atoms with Gasteiger partial charge in [-0.1, -0.05) is 30.3 Å². The van der Waals surface area contributed by atoms with E-state index in [2.05, 4.69) is 41.5 Å². The fourth-order valence-electron chi connectivity index (χ4n) is 4.25. The highest BCUT2D eigenvalue weighted by molar-refractivity contribution is 5.86. The van der Waals surface area contributed by atoms with Gasteiger partial charge in [0.2, 0.25) is 5.91 Å². The molecular formula is C24H28N2O2. The smallest absolute Gasteiger partial charge is 0.223 e. The summed E-state index contributed by atoms with van der Waals surface area (Å²) < 4.78 is 5.43. The standard InChI is InChI=1S/C24H28N2O2/c1-28-20-11-12-23-21(16-20)22(17-25-23)19(10-9-18-7-3-2-4-8-18)15-24(27)26-13-5-6-14-26/h2-4,7-8,11-12,16-17,19,25H,5-6,9-10,13-15H2,1H3. The summed E-state index contributed by atoms with van der Waals surface area (Å²) >= 11 is 0. The first-order valence-corrected chi connectivity index (χ1v) is 10.2. The average molecular weight is 377 g/mol. The quantitative estimate of drug-likeness (QED) is 0.637. The number of aromatic nitrogens is 1. The van der Waals surface area contributed by atoms with Gasteiger partial charge in [0.05, 0.1) is 7.11 Å². The Morgan fingerprint density at radius 1 is 1.14 bits per heavy atom.